The molecule has 26 heavy (non-hydrogen) atoms. The third kappa shape index (κ3) is 3.95. The van der Waals surface area contributed by atoms with Crippen molar-refractivity contribution in [2.24, 2.45) is 0 Å². The standard InChI is InChI=1S/C18H16ClFN2O4/c19-13-8-12(9-14(20)10-13)11-21-17(24)26-18(25)6-7-22(16(18)23)15-4-2-1-3-5-15/h1-5,8-10,25H,6-7,11H2,(H,21,24). The van der Waals surface area contributed by atoms with Crippen LogP contribution in [0.1, 0.15) is 12.0 Å². The number of anilines is 1. The lowest BCUT2D eigenvalue weighted by atomic mass is 10.2. The SMILES string of the molecule is O=C(NCc1cc(F)cc(Cl)c1)OC1(O)CCN(c2ccccc2)C1=O. The Hall–Kier alpha value is -2.64. The van der Waals surface area contributed by atoms with Gasteiger partial charge in [-0.15, -0.1) is 0 Å². The predicted octanol–water partition coefficient (Wildman–Crippen LogP) is 2.83. The molecule has 3 rings (SSSR count). The first-order valence-electron chi connectivity index (χ1n) is 7.88. The van der Waals surface area contributed by atoms with E-state index in [1.54, 1.807) is 30.3 Å². The number of alkyl carbamates (subject to hydrolysis) is 1. The van der Waals surface area contributed by atoms with Gasteiger partial charge < -0.3 is 20.1 Å². The number of halogens is 2. The molecule has 0 aromatic heterocycles. The normalized spacial score (nSPS) is 19.5. The average molecular weight is 379 g/mol. The number of carbonyl (C=O) groups excluding carboxylic acids is 2. The summed E-state index contributed by atoms with van der Waals surface area (Å²) in [6.07, 6.45) is -1.05. The molecular weight excluding hydrogens is 363 g/mol. The number of nitrogens with one attached hydrogen (secondary N) is 1. The molecule has 136 valence electrons. The monoisotopic (exact) mass is 378 g/mol. The van der Waals surface area contributed by atoms with Crippen LogP contribution >= 0.6 is 11.6 Å². The molecule has 2 amide bonds. The van der Waals surface area contributed by atoms with E-state index in [1.165, 1.54) is 17.0 Å². The van der Waals surface area contributed by atoms with Crippen LogP contribution in [-0.4, -0.2) is 29.4 Å². The van der Waals surface area contributed by atoms with E-state index < -0.39 is 23.6 Å². The highest BCUT2D eigenvalue weighted by molar-refractivity contribution is 6.30. The van der Waals surface area contributed by atoms with Gasteiger partial charge in [0.2, 0.25) is 0 Å². The van der Waals surface area contributed by atoms with E-state index in [4.69, 9.17) is 16.3 Å². The lowest BCUT2D eigenvalue weighted by Gasteiger charge is -2.22. The summed E-state index contributed by atoms with van der Waals surface area (Å²) in [6.45, 7) is 0.148. The van der Waals surface area contributed by atoms with Gasteiger partial charge in [-0.2, -0.15) is 0 Å². The van der Waals surface area contributed by atoms with Crippen molar-refractivity contribution in [1.29, 1.82) is 0 Å². The molecular formula is C18H16ClFN2O4. The van der Waals surface area contributed by atoms with Gasteiger partial charge in [0.25, 0.3) is 11.7 Å². The molecule has 1 aliphatic rings. The Morgan fingerprint density at radius 1 is 1.31 bits per heavy atom. The van der Waals surface area contributed by atoms with Crippen molar-refractivity contribution in [1.82, 2.24) is 5.32 Å². The number of hydrogen-bond acceptors (Lipinski definition) is 4. The van der Waals surface area contributed by atoms with Gasteiger partial charge >= 0.3 is 6.09 Å². The van der Waals surface area contributed by atoms with E-state index in [0.29, 0.717) is 11.3 Å². The largest absolute Gasteiger partial charge is 0.410 e. The van der Waals surface area contributed by atoms with Crippen molar-refractivity contribution in [3.05, 3.63) is 64.9 Å². The highest BCUT2D eigenvalue weighted by Gasteiger charge is 2.49. The zero-order valence-electron chi connectivity index (χ0n) is 13.6. The van der Waals surface area contributed by atoms with Gasteiger partial charge in [0.15, 0.2) is 0 Å². The van der Waals surface area contributed by atoms with E-state index >= 15 is 0 Å². The second kappa shape index (κ2) is 7.31. The van der Waals surface area contributed by atoms with Crippen molar-refractivity contribution < 1.29 is 23.8 Å². The average Bonchev–Trinajstić information content (AvgIpc) is 2.88. The molecule has 8 heteroatoms. The maximum atomic E-state index is 13.3. The second-order valence-corrected chi connectivity index (χ2v) is 6.28. The molecule has 1 atom stereocenters. The van der Waals surface area contributed by atoms with Gasteiger partial charge in [-0.3, -0.25) is 4.79 Å². The molecule has 1 heterocycles. The van der Waals surface area contributed by atoms with E-state index in [9.17, 15) is 19.1 Å². The van der Waals surface area contributed by atoms with Crippen LogP contribution in [0, 0.1) is 5.82 Å². The van der Waals surface area contributed by atoms with Crippen molar-refractivity contribution >= 4 is 29.3 Å². The quantitative estimate of drug-likeness (QED) is 0.802. The van der Waals surface area contributed by atoms with Crippen LogP contribution in [0.4, 0.5) is 14.9 Å². The van der Waals surface area contributed by atoms with Gasteiger partial charge in [0.1, 0.15) is 5.82 Å². The highest BCUT2D eigenvalue weighted by atomic mass is 35.5. The Labute approximate surface area is 154 Å². The number of carbonyl (C=O) groups is 2. The molecule has 1 fully saturated rings. The van der Waals surface area contributed by atoms with Crippen LogP contribution in [0.25, 0.3) is 0 Å². The van der Waals surface area contributed by atoms with Crippen molar-refractivity contribution in [3.8, 4) is 0 Å². The molecule has 6 nitrogen and oxygen atoms in total. The summed E-state index contributed by atoms with van der Waals surface area (Å²) < 4.78 is 18.2. The molecule has 0 aliphatic carbocycles. The Bertz CT molecular complexity index is 813. The first-order chi connectivity index (χ1) is 12.4. The van der Waals surface area contributed by atoms with E-state index in [1.807, 2.05) is 0 Å². The lowest BCUT2D eigenvalue weighted by Crippen LogP contribution is -2.46. The fourth-order valence-corrected chi connectivity index (χ4v) is 2.95. The first-order valence-corrected chi connectivity index (χ1v) is 8.26. The minimum atomic E-state index is -2.24. The molecule has 0 bridgehead atoms. The number of benzene rings is 2. The van der Waals surface area contributed by atoms with Gasteiger partial charge in [0.05, 0.1) is 0 Å². The molecule has 0 radical (unpaired) electrons. The zero-order valence-corrected chi connectivity index (χ0v) is 14.4. The molecule has 1 saturated heterocycles. The zero-order chi connectivity index (χ0) is 18.7. The summed E-state index contributed by atoms with van der Waals surface area (Å²) in [5.74, 6) is -3.49. The molecule has 2 aromatic rings. The molecule has 2 aromatic carbocycles. The minimum absolute atomic E-state index is 0.0556. The van der Waals surface area contributed by atoms with Gasteiger partial charge in [-0.25, -0.2) is 9.18 Å². The number of hydrogen-bond donors (Lipinski definition) is 2. The van der Waals surface area contributed by atoms with Crippen LogP contribution in [-0.2, 0) is 16.1 Å². The summed E-state index contributed by atoms with van der Waals surface area (Å²) in [5, 5.41) is 12.9. The summed E-state index contributed by atoms with van der Waals surface area (Å²) in [6, 6.07) is 12.6. The second-order valence-electron chi connectivity index (χ2n) is 5.85. The Balaban J connectivity index is 1.61. The molecule has 2 N–H and O–H groups in total. The van der Waals surface area contributed by atoms with Gasteiger partial charge in [0, 0.05) is 30.2 Å². The Morgan fingerprint density at radius 3 is 2.73 bits per heavy atom. The van der Waals surface area contributed by atoms with Crippen molar-refractivity contribution in [2.75, 3.05) is 11.4 Å². The smallest absolute Gasteiger partial charge is 0.407 e. The lowest BCUT2D eigenvalue weighted by molar-refractivity contribution is -0.175. The number of nitrogens with zero attached hydrogens (tertiary/aromatic N) is 1. The van der Waals surface area contributed by atoms with Crippen LogP contribution < -0.4 is 10.2 Å². The first kappa shape index (κ1) is 18.2. The van der Waals surface area contributed by atoms with Gasteiger partial charge in [-0.05, 0) is 35.9 Å². The number of para-hydroxylation sites is 1. The molecule has 1 unspecified atom stereocenters. The molecule has 0 saturated carbocycles. The number of amides is 2. The summed E-state index contributed by atoms with van der Waals surface area (Å²) >= 11 is 5.74. The van der Waals surface area contributed by atoms with Gasteiger partial charge in [-0.1, -0.05) is 29.8 Å². The minimum Gasteiger partial charge on any atom is -0.407 e. The fourth-order valence-electron chi connectivity index (χ4n) is 2.71. The van der Waals surface area contributed by atoms with E-state index in [-0.39, 0.29) is 24.5 Å². The third-order valence-electron chi connectivity index (χ3n) is 3.94. The Kier molecular flexibility index (Phi) is 5.11. The maximum Gasteiger partial charge on any atom is 0.410 e. The van der Waals surface area contributed by atoms with Crippen LogP contribution in [0.3, 0.4) is 0 Å². The number of ether oxygens (including phenoxy) is 1. The Morgan fingerprint density at radius 2 is 2.04 bits per heavy atom. The molecule has 1 aliphatic heterocycles. The van der Waals surface area contributed by atoms with Crippen molar-refractivity contribution in [3.63, 3.8) is 0 Å². The van der Waals surface area contributed by atoms with Crippen LogP contribution in [0.15, 0.2) is 48.5 Å². The fraction of sp³-hybridized carbons (Fsp3) is 0.222. The third-order valence-corrected chi connectivity index (χ3v) is 4.16. The summed E-state index contributed by atoms with van der Waals surface area (Å²) in [4.78, 5) is 25.7. The predicted molar refractivity (Wildman–Crippen MR) is 93.1 cm³/mol. The molecule has 0 spiro atoms. The highest BCUT2D eigenvalue weighted by Crippen LogP contribution is 2.29. The number of rotatable bonds is 4. The summed E-state index contributed by atoms with van der Waals surface area (Å²) in [5.41, 5.74) is 1.02. The topological polar surface area (TPSA) is 78.9 Å². The van der Waals surface area contributed by atoms with Crippen LogP contribution in [0.2, 0.25) is 5.02 Å². The maximum absolute atomic E-state index is 13.3. The van der Waals surface area contributed by atoms with Crippen LogP contribution in [0.5, 0.6) is 0 Å². The summed E-state index contributed by atoms with van der Waals surface area (Å²) in [7, 11) is 0. The van der Waals surface area contributed by atoms with Crippen molar-refractivity contribution in [2.45, 2.75) is 18.8 Å². The van der Waals surface area contributed by atoms with E-state index in [2.05, 4.69) is 5.32 Å². The van der Waals surface area contributed by atoms with E-state index in [0.717, 1.165) is 6.07 Å². The number of aliphatic hydroxyl groups is 1.